The van der Waals surface area contributed by atoms with Crippen LogP contribution in [0.15, 0.2) is 40.9 Å². The Morgan fingerprint density at radius 2 is 1.91 bits per heavy atom. The lowest BCUT2D eigenvalue weighted by molar-refractivity contribution is 0.0468. The summed E-state index contributed by atoms with van der Waals surface area (Å²) in [4.78, 5) is 23.5. The Balaban J connectivity index is 2.19. The van der Waals surface area contributed by atoms with Crippen molar-refractivity contribution in [3.63, 3.8) is 0 Å². The molecule has 4 nitrogen and oxygen atoms in total. The van der Waals surface area contributed by atoms with Crippen LogP contribution >= 0.6 is 15.9 Å². The van der Waals surface area contributed by atoms with Crippen LogP contribution in [0, 0.1) is 5.82 Å². The summed E-state index contributed by atoms with van der Waals surface area (Å²) in [5, 5.41) is 0. The fourth-order valence-electron chi connectivity index (χ4n) is 1.99. The van der Waals surface area contributed by atoms with Crippen LogP contribution in [0.5, 0.6) is 5.75 Å². The molecule has 0 aliphatic rings. The summed E-state index contributed by atoms with van der Waals surface area (Å²) >= 11 is 3.18. The Bertz CT molecular complexity index is 758. The Hall–Kier alpha value is -2.21. The van der Waals surface area contributed by atoms with E-state index in [1.54, 1.807) is 18.2 Å². The summed E-state index contributed by atoms with van der Waals surface area (Å²) in [6.45, 7) is 1.35. The lowest BCUT2D eigenvalue weighted by Crippen LogP contribution is -2.08. The molecule has 23 heavy (non-hydrogen) atoms. The highest BCUT2D eigenvalue weighted by atomic mass is 79.9. The van der Waals surface area contributed by atoms with Crippen LogP contribution in [-0.4, -0.2) is 18.9 Å². The third-order valence-corrected chi connectivity index (χ3v) is 3.89. The summed E-state index contributed by atoms with van der Waals surface area (Å²) < 4.78 is 24.1. The monoisotopic (exact) mass is 380 g/mol. The van der Waals surface area contributed by atoms with Crippen molar-refractivity contribution in [2.45, 2.75) is 13.5 Å². The van der Waals surface area contributed by atoms with E-state index in [0.29, 0.717) is 21.3 Å². The zero-order valence-electron chi connectivity index (χ0n) is 12.6. The van der Waals surface area contributed by atoms with Crippen molar-refractivity contribution in [3.05, 3.63) is 63.4 Å². The molecule has 0 saturated heterocycles. The fourth-order valence-corrected chi connectivity index (χ4v) is 2.39. The van der Waals surface area contributed by atoms with Gasteiger partial charge in [0.15, 0.2) is 5.78 Å². The lowest BCUT2D eigenvalue weighted by Gasteiger charge is -2.11. The quantitative estimate of drug-likeness (QED) is 0.577. The predicted molar refractivity (Wildman–Crippen MR) is 86.2 cm³/mol. The van der Waals surface area contributed by atoms with E-state index < -0.39 is 11.8 Å². The molecule has 0 aromatic heterocycles. The van der Waals surface area contributed by atoms with E-state index in [2.05, 4.69) is 15.9 Å². The fraction of sp³-hybridized carbons (Fsp3) is 0.176. The molecular weight excluding hydrogens is 367 g/mol. The van der Waals surface area contributed by atoms with Gasteiger partial charge in [-0.05, 0) is 59.3 Å². The van der Waals surface area contributed by atoms with E-state index in [4.69, 9.17) is 9.47 Å². The molecule has 2 rings (SSSR count). The minimum absolute atomic E-state index is 0.0895. The molecule has 0 aliphatic carbocycles. The second-order valence-electron chi connectivity index (χ2n) is 4.78. The van der Waals surface area contributed by atoms with Gasteiger partial charge in [-0.3, -0.25) is 4.79 Å². The minimum Gasteiger partial charge on any atom is -0.496 e. The van der Waals surface area contributed by atoms with Crippen molar-refractivity contribution < 1.29 is 23.5 Å². The predicted octanol–water partition coefficient (Wildman–Crippen LogP) is 4.16. The molecule has 0 N–H and O–H groups in total. The highest BCUT2D eigenvalue weighted by Gasteiger charge is 2.15. The smallest absolute Gasteiger partial charge is 0.339 e. The van der Waals surface area contributed by atoms with E-state index in [-0.39, 0.29) is 18.0 Å². The number of ketones is 1. The van der Waals surface area contributed by atoms with Gasteiger partial charge in [0.25, 0.3) is 0 Å². The van der Waals surface area contributed by atoms with Gasteiger partial charge in [0, 0.05) is 15.6 Å². The van der Waals surface area contributed by atoms with E-state index in [9.17, 15) is 14.0 Å². The maximum absolute atomic E-state index is 13.2. The summed E-state index contributed by atoms with van der Waals surface area (Å²) in [5.41, 5.74) is 1.14. The van der Waals surface area contributed by atoms with Gasteiger partial charge in [-0.15, -0.1) is 0 Å². The molecular formula is C17H14BrFO4. The number of carbonyl (C=O) groups excluding carboxylic acids is 2. The molecule has 120 valence electrons. The molecule has 2 aromatic rings. The van der Waals surface area contributed by atoms with Crippen LogP contribution in [0.1, 0.15) is 33.2 Å². The van der Waals surface area contributed by atoms with Crippen molar-refractivity contribution in [2.75, 3.05) is 7.11 Å². The van der Waals surface area contributed by atoms with Gasteiger partial charge in [0.1, 0.15) is 18.2 Å². The first-order valence-corrected chi connectivity index (χ1v) is 7.51. The first-order valence-electron chi connectivity index (χ1n) is 6.72. The van der Waals surface area contributed by atoms with Gasteiger partial charge in [0.2, 0.25) is 0 Å². The van der Waals surface area contributed by atoms with Crippen LogP contribution in [0.25, 0.3) is 0 Å². The molecule has 0 unspecified atom stereocenters. The van der Waals surface area contributed by atoms with Gasteiger partial charge in [-0.25, -0.2) is 9.18 Å². The number of rotatable bonds is 5. The lowest BCUT2D eigenvalue weighted by atomic mass is 10.1. The molecule has 6 heteroatoms. The third-order valence-electron chi connectivity index (χ3n) is 3.19. The molecule has 0 amide bonds. The van der Waals surface area contributed by atoms with Crippen LogP contribution in [0.4, 0.5) is 4.39 Å². The summed E-state index contributed by atoms with van der Waals surface area (Å²) in [6.07, 6.45) is 0. The summed E-state index contributed by atoms with van der Waals surface area (Å²) in [5.74, 6) is -0.808. The summed E-state index contributed by atoms with van der Waals surface area (Å²) in [7, 11) is 1.48. The van der Waals surface area contributed by atoms with E-state index in [1.807, 2.05) is 0 Å². The highest BCUT2D eigenvalue weighted by Crippen LogP contribution is 2.23. The third kappa shape index (κ3) is 4.16. The second kappa shape index (κ2) is 7.37. The molecule has 2 aromatic carbocycles. The van der Waals surface area contributed by atoms with Gasteiger partial charge in [0.05, 0.1) is 12.7 Å². The zero-order valence-corrected chi connectivity index (χ0v) is 14.1. The van der Waals surface area contributed by atoms with Gasteiger partial charge < -0.3 is 9.47 Å². The van der Waals surface area contributed by atoms with Gasteiger partial charge in [-0.2, -0.15) is 0 Å². The standard InChI is InChI=1S/C17H14BrFO4/c1-10(20)11-3-6-16(22-2)12(7-11)9-23-17(21)14-8-13(19)4-5-15(14)18/h3-8H,9H2,1-2H3. The SMILES string of the molecule is COc1ccc(C(C)=O)cc1COC(=O)c1cc(F)ccc1Br. The average Bonchev–Trinajstić information content (AvgIpc) is 2.54. The molecule has 0 heterocycles. The molecule has 0 fully saturated rings. The number of Topliss-reactive ketones (excluding diaryl/α,β-unsaturated/α-hetero) is 1. The molecule has 0 radical (unpaired) electrons. The highest BCUT2D eigenvalue weighted by molar-refractivity contribution is 9.10. The average molecular weight is 381 g/mol. The molecule has 0 atom stereocenters. The molecule has 0 spiro atoms. The molecule has 0 aliphatic heterocycles. The Morgan fingerprint density at radius 3 is 2.57 bits per heavy atom. The van der Waals surface area contributed by atoms with Crippen LogP contribution in [-0.2, 0) is 11.3 Å². The summed E-state index contributed by atoms with van der Waals surface area (Å²) in [6, 6.07) is 8.64. The molecule has 0 bridgehead atoms. The topological polar surface area (TPSA) is 52.6 Å². The van der Waals surface area contributed by atoms with Gasteiger partial charge >= 0.3 is 5.97 Å². The maximum Gasteiger partial charge on any atom is 0.339 e. The van der Waals surface area contributed by atoms with Crippen LogP contribution in [0.3, 0.4) is 0 Å². The Kier molecular flexibility index (Phi) is 5.50. The van der Waals surface area contributed by atoms with Crippen molar-refractivity contribution in [2.24, 2.45) is 0 Å². The first kappa shape index (κ1) is 17.1. The van der Waals surface area contributed by atoms with Crippen LogP contribution in [0.2, 0.25) is 0 Å². The van der Waals surface area contributed by atoms with Crippen molar-refractivity contribution in [3.8, 4) is 5.75 Å². The maximum atomic E-state index is 13.2. The number of esters is 1. The van der Waals surface area contributed by atoms with E-state index in [1.165, 1.54) is 26.2 Å². The number of methoxy groups -OCH3 is 1. The Morgan fingerprint density at radius 1 is 1.17 bits per heavy atom. The van der Waals surface area contributed by atoms with E-state index in [0.717, 1.165) is 6.07 Å². The minimum atomic E-state index is -0.674. The zero-order chi connectivity index (χ0) is 17.0. The van der Waals surface area contributed by atoms with Crippen molar-refractivity contribution in [1.29, 1.82) is 0 Å². The number of hydrogen-bond donors (Lipinski definition) is 0. The normalized spacial score (nSPS) is 10.3. The Labute approximate surface area is 141 Å². The molecule has 0 saturated carbocycles. The van der Waals surface area contributed by atoms with Gasteiger partial charge in [-0.1, -0.05) is 0 Å². The van der Waals surface area contributed by atoms with Crippen molar-refractivity contribution >= 4 is 27.7 Å². The van der Waals surface area contributed by atoms with Crippen LogP contribution < -0.4 is 4.74 Å². The first-order chi connectivity index (χ1) is 10.9. The number of carbonyl (C=O) groups is 2. The van der Waals surface area contributed by atoms with Crippen molar-refractivity contribution in [1.82, 2.24) is 0 Å². The largest absolute Gasteiger partial charge is 0.496 e. The number of hydrogen-bond acceptors (Lipinski definition) is 4. The number of ether oxygens (including phenoxy) is 2. The number of halogens is 2. The number of benzene rings is 2. The second-order valence-corrected chi connectivity index (χ2v) is 5.64. The van der Waals surface area contributed by atoms with E-state index >= 15 is 0 Å².